The van der Waals surface area contributed by atoms with Gasteiger partial charge in [-0.3, -0.25) is 0 Å². The van der Waals surface area contributed by atoms with E-state index in [1.165, 1.54) is 116 Å². The van der Waals surface area contributed by atoms with Gasteiger partial charge in [-0.2, -0.15) is 0 Å². The molecule has 0 spiro atoms. The molecular weight excluding hydrogens is 508 g/mol. The monoisotopic (exact) mass is 560 g/mol. The zero-order chi connectivity index (χ0) is 26.0. The molecule has 1 aromatic rings. The first-order valence-electron chi connectivity index (χ1n) is 15.1. The summed E-state index contributed by atoms with van der Waals surface area (Å²) in [5, 5.41) is 5.88. The number of para-hydroxylation sites is 2. The van der Waals surface area contributed by atoms with Crippen LogP contribution in [-0.2, 0) is 10.1 Å². The number of anilines is 2. The van der Waals surface area contributed by atoms with Crippen LogP contribution in [0.15, 0.2) is 24.3 Å². The van der Waals surface area contributed by atoms with Crippen molar-refractivity contribution in [2.45, 2.75) is 153 Å². The number of hydrogen-bond donors (Lipinski definition) is 2. The zero-order valence-corrected chi connectivity index (χ0v) is 27.9. The maximum atomic E-state index is 12.0. The van der Waals surface area contributed by atoms with Crippen molar-refractivity contribution in [3.8, 4) is 0 Å². The van der Waals surface area contributed by atoms with Crippen LogP contribution in [0.2, 0.25) is 0 Å². The molecule has 0 saturated heterocycles. The fraction of sp³-hybridized carbons (Fsp3) is 0.800. The third-order valence-electron chi connectivity index (χ3n) is 7.66. The average Bonchev–Trinajstić information content (AvgIpc) is 3.25. The Morgan fingerprint density at radius 2 is 0.892 bits per heavy atom. The SMILES string of the molecule is CCCCCCCCCCCCCCCCCCCCCCCC1(S(=O)(=O)[O-])Nc2ccccc2N1.[K+]. The van der Waals surface area contributed by atoms with Gasteiger partial charge in [0.1, 0.15) is 10.1 Å². The first kappa shape index (κ1) is 35.4. The molecule has 37 heavy (non-hydrogen) atoms. The van der Waals surface area contributed by atoms with E-state index in [0.29, 0.717) is 17.8 Å². The van der Waals surface area contributed by atoms with Crippen molar-refractivity contribution in [2.24, 2.45) is 0 Å². The molecule has 2 N–H and O–H groups in total. The minimum absolute atomic E-state index is 0. The van der Waals surface area contributed by atoms with Gasteiger partial charge in [-0.25, -0.2) is 8.42 Å². The van der Waals surface area contributed by atoms with Crippen molar-refractivity contribution in [2.75, 3.05) is 10.6 Å². The predicted octanol–water partition coefficient (Wildman–Crippen LogP) is 6.33. The topological polar surface area (TPSA) is 81.3 Å². The van der Waals surface area contributed by atoms with Gasteiger partial charge >= 0.3 is 51.4 Å². The van der Waals surface area contributed by atoms with E-state index in [9.17, 15) is 13.0 Å². The first-order chi connectivity index (χ1) is 17.5. The quantitative estimate of drug-likeness (QED) is 0.0929. The van der Waals surface area contributed by atoms with E-state index in [4.69, 9.17) is 0 Å². The van der Waals surface area contributed by atoms with Crippen LogP contribution in [0.4, 0.5) is 11.4 Å². The van der Waals surface area contributed by atoms with Crippen LogP contribution >= 0.6 is 0 Å². The average molecular weight is 561 g/mol. The molecule has 0 saturated carbocycles. The summed E-state index contributed by atoms with van der Waals surface area (Å²) in [6.45, 7) is 2.28. The Bertz CT molecular complexity index is 779. The largest absolute Gasteiger partial charge is 1.00 e. The van der Waals surface area contributed by atoms with Gasteiger partial charge in [0, 0.05) is 6.42 Å². The van der Waals surface area contributed by atoms with Crippen LogP contribution in [0.3, 0.4) is 0 Å². The Labute approximate surface area is 271 Å². The maximum absolute atomic E-state index is 12.0. The molecule has 0 aliphatic carbocycles. The summed E-state index contributed by atoms with van der Waals surface area (Å²) in [5.41, 5.74) is 1.36. The van der Waals surface area contributed by atoms with Crippen molar-refractivity contribution in [3.05, 3.63) is 24.3 Å². The van der Waals surface area contributed by atoms with Gasteiger partial charge in [0.2, 0.25) is 4.99 Å². The van der Waals surface area contributed by atoms with Gasteiger partial charge in [0.05, 0.1) is 11.4 Å². The smallest absolute Gasteiger partial charge is 0.745 e. The van der Waals surface area contributed by atoms with E-state index in [0.717, 1.165) is 12.8 Å². The molecule has 0 aromatic heterocycles. The van der Waals surface area contributed by atoms with Crippen LogP contribution in [0.5, 0.6) is 0 Å². The molecule has 0 fully saturated rings. The predicted molar refractivity (Wildman–Crippen MR) is 153 cm³/mol. The summed E-state index contributed by atoms with van der Waals surface area (Å²) >= 11 is 0. The van der Waals surface area contributed by atoms with E-state index >= 15 is 0 Å². The molecule has 0 amide bonds. The van der Waals surface area contributed by atoms with Crippen LogP contribution in [-0.4, -0.2) is 18.0 Å². The van der Waals surface area contributed by atoms with E-state index in [2.05, 4.69) is 17.6 Å². The standard InChI is InChI=1S/C30H54N2O3S.K/c1-2-3-4-5-6-7-8-9-10-11-12-13-14-15-16-17-18-19-20-21-24-27-30(36(33,34)35)31-28-25-22-23-26-29(28)32-30;/h22-23,25-26,31-32H,2-21,24,27H2,1H3,(H,33,34,35);/q;+1/p-1. The molecule has 0 radical (unpaired) electrons. The van der Waals surface area contributed by atoms with Crippen molar-refractivity contribution >= 4 is 21.5 Å². The number of fused-ring (bicyclic) bond motifs is 1. The number of benzene rings is 1. The van der Waals surface area contributed by atoms with E-state index in [-0.39, 0.29) is 57.8 Å². The molecule has 1 aliphatic heterocycles. The van der Waals surface area contributed by atoms with Crippen LogP contribution < -0.4 is 62.0 Å². The van der Waals surface area contributed by atoms with Gasteiger partial charge in [-0.05, 0) is 18.6 Å². The molecule has 2 rings (SSSR count). The molecule has 0 unspecified atom stereocenters. The fourth-order valence-corrected chi connectivity index (χ4v) is 6.21. The van der Waals surface area contributed by atoms with Gasteiger partial charge in [0.15, 0.2) is 0 Å². The van der Waals surface area contributed by atoms with Crippen LogP contribution in [0.25, 0.3) is 0 Å². The minimum atomic E-state index is -4.53. The Kier molecular flexibility index (Phi) is 20.2. The molecule has 0 atom stereocenters. The zero-order valence-electron chi connectivity index (χ0n) is 24.0. The molecule has 0 bridgehead atoms. The number of nitrogens with one attached hydrogen (secondary N) is 2. The van der Waals surface area contributed by atoms with E-state index in [1.54, 1.807) is 12.1 Å². The van der Waals surface area contributed by atoms with Gasteiger partial charge in [0.25, 0.3) is 0 Å². The summed E-state index contributed by atoms with van der Waals surface area (Å²) in [7, 11) is -4.53. The normalized spacial score (nSPS) is 14.0. The van der Waals surface area contributed by atoms with Gasteiger partial charge < -0.3 is 15.2 Å². The van der Waals surface area contributed by atoms with Crippen LogP contribution in [0, 0.1) is 0 Å². The second kappa shape index (κ2) is 21.2. The Balaban J connectivity index is 0.00000684. The molecule has 208 valence electrons. The summed E-state index contributed by atoms with van der Waals surface area (Å²) in [5.74, 6) is 0. The van der Waals surface area contributed by atoms with Crippen molar-refractivity contribution in [1.82, 2.24) is 0 Å². The van der Waals surface area contributed by atoms with Crippen molar-refractivity contribution in [3.63, 3.8) is 0 Å². The molecule has 1 aromatic carbocycles. The fourth-order valence-electron chi connectivity index (χ4n) is 5.35. The number of hydrogen-bond acceptors (Lipinski definition) is 5. The summed E-state index contributed by atoms with van der Waals surface area (Å²) in [4.78, 5) is -1.61. The van der Waals surface area contributed by atoms with Crippen LogP contribution in [0.1, 0.15) is 148 Å². The summed E-state index contributed by atoms with van der Waals surface area (Å²) in [6, 6.07) is 7.26. The summed E-state index contributed by atoms with van der Waals surface area (Å²) in [6.07, 6.45) is 27.9. The first-order valence-corrected chi connectivity index (χ1v) is 16.5. The Morgan fingerprint density at radius 3 is 1.19 bits per heavy atom. The molecular formula is C30H53KN2O3S. The van der Waals surface area contributed by atoms with Gasteiger partial charge in [-0.15, -0.1) is 0 Å². The van der Waals surface area contributed by atoms with Crippen molar-refractivity contribution in [1.29, 1.82) is 0 Å². The second-order valence-electron chi connectivity index (χ2n) is 10.9. The number of unbranched alkanes of at least 4 members (excludes halogenated alkanes) is 20. The minimum Gasteiger partial charge on any atom is -0.745 e. The third kappa shape index (κ3) is 14.5. The summed E-state index contributed by atoms with van der Waals surface area (Å²) < 4.78 is 36.0. The third-order valence-corrected chi connectivity index (χ3v) is 8.92. The maximum Gasteiger partial charge on any atom is 1.00 e. The molecule has 7 heteroatoms. The van der Waals surface area contributed by atoms with Crippen molar-refractivity contribution < 1.29 is 64.4 Å². The Hall–Kier alpha value is 0.366. The van der Waals surface area contributed by atoms with E-state index in [1.807, 2.05) is 12.1 Å². The van der Waals surface area contributed by atoms with E-state index < -0.39 is 15.1 Å². The Morgan fingerprint density at radius 1 is 0.595 bits per heavy atom. The van der Waals surface area contributed by atoms with Gasteiger partial charge in [-0.1, -0.05) is 147 Å². The molecule has 1 aliphatic rings. The molecule has 5 nitrogen and oxygen atoms in total. The molecule has 1 heterocycles. The second-order valence-corrected chi connectivity index (χ2v) is 12.5. The number of rotatable bonds is 23.